The lowest BCUT2D eigenvalue weighted by Crippen LogP contribution is -2.24. The van der Waals surface area contributed by atoms with Crippen LogP contribution in [0.4, 0.5) is 8.78 Å². The van der Waals surface area contributed by atoms with E-state index in [1.54, 1.807) is 12.1 Å². The SMILES string of the molecule is O=c1c2cnn(-c3ccc(F)cc3)c2nnn1Cc1ccc(F)cc1. The highest BCUT2D eigenvalue weighted by molar-refractivity contribution is 5.74. The largest absolute Gasteiger partial charge is 0.281 e. The predicted octanol–water partition coefficient (Wildman–Crippen LogP) is 2.30. The lowest BCUT2D eigenvalue weighted by Gasteiger charge is -2.05. The van der Waals surface area contributed by atoms with Crippen molar-refractivity contribution in [1.29, 1.82) is 0 Å². The van der Waals surface area contributed by atoms with E-state index in [0.29, 0.717) is 11.1 Å². The molecule has 4 rings (SSSR count). The fraction of sp³-hybridized carbons (Fsp3) is 0.0588. The van der Waals surface area contributed by atoms with Crippen LogP contribution < -0.4 is 5.56 Å². The van der Waals surface area contributed by atoms with Crippen molar-refractivity contribution in [2.75, 3.05) is 0 Å². The van der Waals surface area contributed by atoms with E-state index in [1.807, 2.05) is 0 Å². The number of aromatic nitrogens is 5. The Bertz CT molecular complexity index is 1100. The third-order valence-corrected chi connectivity index (χ3v) is 3.77. The van der Waals surface area contributed by atoms with Crippen molar-refractivity contribution >= 4 is 11.0 Å². The predicted molar refractivity (Wildman–Crippen MR) is 86.4 cm³/mol. The maximum Gasteiger partial charge on any atom is 0.281 e. The van der Waals surface area contributed by atoms with E-state index in [-0.39, 0.29) is 29.4 Å². The quantitative estimate of drug-likeness (QED) is 0.574. The first-order valence-electron chi connectivity index (χ1n) is 7.44. The summed E-state index contributed by atoms with van der Waals surface area (Å²) in [6.45, 7) is 0.170. The number of fused-ring (bicyclic) bond motifs is 1. The van der Waals surface area contributed by atoms with Crippen LogP contribution in [0.5, 0.6) is 0 Å². The van der Waals surface area contributed by atoms with Crippen LogP contribution in [0.3, 0.4) is 0 Å². The van der Waals surface area contributed by atoms with Crippen LogP contribution in [0.25, 0.3) is 16.7 Å². The smallest absolute Gasteiger partial charge is 0.267 e. The molecule has 0 aliphatic carbocycles. The Labute approximate surface area is 139 Å². The first kappa shape index (κ1) is 15.1. The first-order valence-corrected chi connectivity index (χ1v) is 7.44. The molecular weight excluding hydrogens is 328 g/mol. The van der Waals surface area contributed by atoms with Crippen molar-refractivity contribution in [3.05, 3.63) is 82.3 Å². The molecule has 2 heterocycles. The molecule has 0 atom stereocenters. The van der Waals surface area contributed by atoms with E-state index >= 15 is 0 Å². The molecule has 4 aromatic rings. The Hall–Kier alpha value is -3.42. The molecule has 0 fully saturated rings. The van der Waals surface area contributed by atoms with E-state index in [2.05, 4.69) is 15.4 Å². The molecule has 0 amide bonds. The van der Waals surface area contributed by atoms with E-state index in [1.165, 1.54) is 52.0 Å². The van der Waals surface area contributed by atoms with E-state index < -0.39 is 0 Å². The van der Waals surface area contributed by atoms with Crippen molar-refractivity contribution in [3.8, 4) is 5.69 Å². The van der Waals surface area contributed by atoms with E-state index in [0.717, 1.165) is 5.56 Å². The maximum atomic E-state index is 13.1. The van der Waals surface area contributed by atoms with Gasteiger partial charge in [-0.25, -0.2) is 18.1 Å². The second-order valence-electron chi connectivity index (χ2n) is 5.45. The second-order valence-corrected chi connectivity index (χ2v) is 5.45. The highest BCUT2D eigenvalue weighted by atomic mass is 19.1. The third-order valence-electron chi connectivity index (χ3n) is 3.77. The van der Waals surface area contributed by atoms with Crippen molar-refractivity contribution < 1.29 is 8.78 Å². The Balaban J connectivity index is 1.75. The van der Waals surface area contributed by atoms with Gasteiger partial charge in [0.1, 0.15) is 17.0 Å². The lowest BCUT2D eigenvalue weighted by molar-refractivity contribution is 0.593. The van der Waals surface area contributed by atoms with Gasteiger partial charge >= 0.3 is 0 Å². The average molecular weight is 339 g/mol. The molecule has 25 heavy (non-hydrogen) atoms. The van der Waals surface area contributed by atoms with Crippen molar-refractivity contribution in [2.24, 2.45) is 0 Å². The zero-order valence-electron chi connectivity index (χ0n) is 12.8. The van der Waals surface area contributed by atoms with Gasteiger partial charge in [-0.1, -0.05) is 17.3 Å². The summed E-state index contributed by atoms with van der Waals surface area (Å²) in [5.74, 6) is -0.717. The van der Waals surface area contributed by atoms with Crippen LogP contribution >= 0.6 is 0 Å². The average Bonchev–Trinajstić information content (AvgIpc) is 3.05. The monoisotopic (exact) mass is 339 g/mol. The summed E-state index contributed by atoms with van der Waals surface area (Å²) < 4.78 is 28.6. The highest BCUT2D eigenvalue weighted by Crippen LogP contribution is 2.14. The van der Waals surface area contributed by atoms with Crippen LogP contribution in [0.1, 0.15) is 5.56 Å². The molecule has 0 aliphatic heterocycles. The third kappa shape index (κ3) is 2.78. The summed E-state index contributed by atoms with van der Waals surface area (Å²) in [7, 11) is 0. The number of nitrogens with zero attached hydrogens (tertiary/aromatic N) is 5. The molecule has 0 bridgehead atoms. The molecule has 2 aromatic heterocycles. The summed E-state index contributed by atoms with van der Waals surface area (Å²) in [6.07, 6.45) is 1.40. The van der Waals surface area contributed by atoms with Gasteiger partial charge in [0.05, 0.1) is 18.4 Å². The molecule has 0 aliphatic rings. The Morgan fingerprint density at radius 3 is 2.24 bits per heavy atom. The molecule has 0 unspecified atom stereocenters. The van der Waals surface area contributed by atoms with Crippen molar-refractivity contribution in [2.45, 2.75) is 6.54 Å². The van der Waals surface area contributed by atoms with E-state index in [9.17, 15) is 13.6 Å². The van der Waals surface area contributed by atoms with Crippen LogP contribution in [0, 0.1) is 11.6 Å². The number of hydrogen-bond acceptors (Lipinski definition) is 4. The summed E-state index contributed by atoms with van der Waals surface area (Å²) >= 11 is 0. The lowest BCUT2D eigenvalue weighted by atomic mass is 10.2. The minimum absolute atomic E-state index is 0.170. The molecule has 2 aromatic carbocycles. The number of hydrogen-bond donors (Lipinski definition) is 0. The van der Waals surface area contributed by atoms with Crippen molar-refractivity contribution in [1.82, 2.24) is 24.8 Å². The fourth-order valence-electron chi connectivity index (χ4n) is 2.50. The maximum absolute atomic E-state index is 13.1. The fourth-order valence-corrected chi connectivity index (χ4v) is 2.50. The minimum atomic E-state index is -0.368. The summed E-state index contributed by atoms with van der Waals surface area (Å²) in [5.41, 5.74) is 1.22. The molecule has 0 saturated carbocycles. The van der Waals surface area contributed by atoms with Gasteiger partial charge in [-0.05, 0) is 42.0 Å². The van der Waals surface area contributed by atoms with Crippen LogP contribution in [0.15, 0.2) is 59.5 Å². The molecule has 0 saturated heterocycles. The standard InChI is InChI=1S/C17H11F2N5O/c18-12-3-1-11(2-4-12)10-23-17(25)15-9-20-24(16(15)21-22-23)14-7-5-13(19)6-8-14/h1-9H,10H2. The van der Waals surface area contributed by atoms with E-state index in [4.69, 9.17) is 0 Å². The zero-order chi connectivity index (χ0) is 17.4. The van der Waals surface area contributed by atoms with Crippen molar-refractivity contribution in [3.63, 3.8) is 0 Å². The van der Waals surface area contributed by atoms with Gasteiger partial charge in [-0.2, -0.15) is 5.10 Å². The van der Waals surface area contributed by atoms with Gasteiger partial charge in [0, 0.05) is 0 Å². The Morgan fingerprint density at radius 1 is 0.920 bits per heavy atom. The van der Waals surface area contributed by atoms with Crippen LogP contribution in [-0.2, 0) is 6.54 Å². The number of halogens is 2. The molecule has 0 N–H and O–H groups in total. The van der Waals surface area contributed by atoms with Gasteiger partial charge in [-0.3, -0.25) is 4.79 Å². The minimum Gasteiger partial charge on any atom is -0.267 e. The molecule has 0 radical (unpaired) electrons. The van der Waals surface area contributed by atoms with Gasteiger partial charge in [0.2, 0.25) is 0 Å². The normalized spacial score (nSPS) is 11.1. The van der Waals surface area contributed by atoms with Gasteiger partial charge in [0.15, 0.2) is 5.65 Å². The zero-order valence-corrected chi connectivity index (χ0v) is 12.8. The van der Waals surface area contributed by atoms with Gasteiger partial charge in [-0.15, -0.1) is 5.10 Å². The first-order chi connectivity index (χ1) is 12.1. The summed E-state index contributed by atoms with van der Waals surface area (Å²) in [5, 5.41) is 12.4. The molecule has 0 spiro atoms. The topological polar surface area (TPSA) is 65.6 Å². The summed E-state index contributed by atoms with van der Waals surface area (Å²) in [4.78, 5) is 12.6. The van der Waals surface area contributed by atoms with Gasteiger partial charge in [0.25, 0.3) is 5.56 Å². The molecular formula is C17H11F2N5O. The second kappa shape index (κ2) is 5.90. The molecule has 8 heteroatoms. The summed E-state index contributed by atoms with van der Waals surface area (Å²) in [6, 6.07) is 11.5. The number of rotatable bonds is 3. The van der Waals surface area contributed by atoms with Crippen LogP contribution in [-0.4, -0.2) is 24.8 Å². The van der Waals surface area contributed by atoms with Gasteiger partial charge < -0.3 is 0 Å². The highest BCUT2D eigenvalue weighted by Gasteiger charge is 2.13. The number of benzene rings is 2. The Kier molecular flexibility index (Phi) is 3.57. The Morgan fingerprint density at radius 2 is 1.56 bits per heavy atom. The molecule has 6 nitrogen and oxygen atoms in total. The van der Waals surface area contributed by atoms with Crippen LogP contribution in [0.2, 0.25) is 0 Å². The molecule has 124 valence electrons.